The number of hydrogen-bond donors (Lipinski definition) is 0. The van der Waals surface area contributed by atoms with Crippen molar-refractivity contribution in [3.8, 4) is 0 Å². The molecule has 0 amide bonds. The van der Waals surface area contributed by atoms with Gasteiger partial charge in [-0.1, -0.05) is 5.16 Å². The van der Waals surface area contributed by atoms with Gasteiger partial charge in [0.1, 0.15) is 0 Å². The van der Waals surface area contributed by atoms with E-state index in [1.807, 2.05) is 0 Å². The van der Waals surface area contributed by atoms with Gasteiger partial charge in [0.05, 0.1) is 7.11 Å². The van der Waals surface area contributed by atoms with Gasteiger partial charge in [-0.2, -0.15) is 4.98 Å². The minimum absolute atomic E-state index is 0.218. The number of piperidine rings is 1. The Morgan fingerprint density at radius 1 is 1.17 bits per heavy atom. The van der Waals surface area contributed by atoms with Gasteiger partial charge in [0.25, 0.3) is 0 Å². The number of esters is 1. The maximum absolute atomic E-state index is 11.4. The molecule has 1 aliphatic heterocycles. The second-order valence-electron chi connectivity index (χ2n) is 6.29. The first-order chi connectivity index (χ1) is 11.7. The minimum Gasteiger partial charge on any atom is -0.464 e. The van der Waals surface area contributed by atoms with Crippen LogP contribution in [0.1, 0.15) is 59.7 Å². The maximum atomic E-state index is 11.4. The van der Waals surface area contributed by atoms with Crippen LogP contribution in [0.2, 0.25) is 0 Å². The third-order valence-electron chi connectivity index (χ3n) is 4.61. The Morgan fingerprint density at radius 3 is 2.58 bits per heavy atom. The lowest BCUT2D eigenvalue weighted by Crippen LogP contribution is -2.34. The predicted molar refractivity (Wildman–Crippen MR) is 83.8 cm³/mol. The molecule has 0 unspecified atom stereocenters. The highest BCUT2D eigenvalue weighted by Gasteiger charge is 2.32. The van der Waals surface area contributed by atoms with Crippen LogP contribution in [-0.2, 0) is 4.74 Å². The molecule has 1 aliphatic carbocycles. The molecule has 126 valence electrons. The molecule has 3 heterocycles. The Bertz CT molecular complexity index is 718. The molecule has 0 bridgehead atoms. The van der Waals surface area contributed by atoms with E-state index in [-0.39, 0.29) is 5.69 Å². The van der Waals surface area contributed by atoms with Gasteiger partial charge >= 0.3 is 5.97 Å². The second kappa shape index (κ2) is 6.18. The molecule has 1 saturated carbocycles. The van der Waals surface area contributed by atoms with E-state index < -0.39 is 5.97 Å². The lowest BCUT2D eigenvalue weighted by Gasteiger charge is -2.31. The van der Waals surface area contributed by atoms with E-state index in [4.69, 9.17) is 4.52 Å². The minimum atomic E-state index is -0.476. The van der Waals surface area contributed by atoms with E-state index in [9.17, 15) is 4.79 Å². The average Bonchev–Trinajstić information content (AvgIpc) is 3.38. The summed E-state index contributed by atoms with van der Waals surface area (Å²) >= 11 is 0. The zero-order valence-corrected chi connectivity index (χ0v) is 13.5. The smallest absolute Gasteiger partial charge is 0.358 e. The molecule has 0 aromatic carbocycles. The highest BCUT2D eigenvalue weighted by molar-refractivity contribution is 5.86. The molecular weight excluding hydrogens is 310 g/mol. The SMILES string of the molecule is COC(=O)c1ccc(N2CCC(c3noc(C4CC4)n3)CC2)nn1. The molecule has 0 N–H and O–H groups in total. The van der Waals surface area contributed by atoms with Crippen molar-refractivity contribution in [1.82, 2.24) is 20.3 Å². The quantitative estimate of drug-likeness (QED) is 0.785. The zero-order valence-electron chi connectivity index (χ0n) is 13.5. The summed E-state index contributed by atoms with van der Waals surface area (Å²) in [4.78, 5) is 18.1. The van der Waals surface area contributed by atoms with E-state index in [0.29, 0.717) is 11.8 Å². The number of rotatable bonds is 4. The van der Waals surface area contributed by atoms with Crippen LogP contribution in [0.15, 0.2) is 16.7 Å². The number of aromatic nitrogens is 4. The Balaban J connectivity index is 1.37. The Labute approximate surface area is 139 Å². The van der Waals surface area contributed by atoms with Crippen molar-refractivity contribution in [3.05, 3.63) is 29.5 Å². The first-order valence-electron chi connectivity index (χ1n) is 8.25. The highest BCUT2D eigenvalue weighted by atomic mass is 16.5. The molecule has 4 rings (SSSR count). The lowest BCUT2D eigenvalue weighted by atomic mass is 9.96. The Kier molecular flexibility index (Phi) is 3.87. The Hall–Kier alpha value is -2.51. The van der Waals surface area contributed by atoms with Crippen LogP contribution < -0.4 is 4.90 Å². The summed E-state index contributed by atoms with van der Waals surface area (Å²) in [5.74, 6) is 2.76. The van der Waals surface area contributed by atoms with Crippen molar-refractivity contribution in [3.63, 3.8) is 0 Å². The molecule has 2 fully saturated rings. The third kappa shape index (κ3) is 2.95. The van der Waals surface area contributed by atoms with Gasteiger partial charge in [-0.15, -0.1) is 10.2 Å². The van der Waals surface area contributed by atoms with Gasteiger partial charge in [-0.25, -0.2) is 4.79 Å². The van der Waals surface area contributed by atoms with Crippen LogP contribution in [0, 0.1) is 0 Å². The normalized spacial score (nSPS) is 18.6. The number of carbonyl (C=O) groups excluding carboxylic acids is 1. The lowest BCUT2D eigenvalue weighted by molar-refractivity contribution is 0.0592. The third-order valence-corrected chi connectivity index (χ3v) is 4.61. The molecule has 0 spiro atoms. The first-order valence-corrected chi connectivity index (χ1v) is 8.25. The standard InChI is InChI=1S/C16H19N5O3/c1-23-16(22)12-4-5-13(19-18-12)21-8-6-10(7-9-21)14-17-15(24-20-14)11-2-3-11/h4-5,10-11H,2-3,6-9H2,1H3. The molecule has 0 atom stereocenters. The van der Waals surface area contributed by atoms with Gasteiger partial charge in [-0.05, 0) is 37.8 Å². The van der Waals surface area contributed by atoms with Gasteiger partial charge in [-0.3, -0.25) is 0 Å². The van der Waals surface area contributed by atoms with Crippen LogP contribution in [0.5, 0.6) is 0 Å². The molecule has 2 aromatic heterocycles. The molecule has 24 heavy (non-hydrogen) atoms. The van der Waals surface area contributed by atoms with Crippen LogP contribution in [-0.4, -0.2) is 46.5 Å². The van der Waals surface area contributed by atoms with E-state index in [0.717, 1.165) is 43.5 Å². The van der Waals surface area contributed by atoms with Crippen molar-refractivity contribution >= 4 is 11.8 Å². The second-order valence-corrected chi connectivity index (χ2v) is 6.29. The fourth-order valence-corrected chi connectivity index (χ4v) is 2.98. The van der Waals surface area contributed by atoms with Crippen LogP contribution in [0.25, 0.3) is 0 Å². The van der Waals surface area contributed by atoms with Gasteiger partial charge in [0.15, 0.2) is 17.3 Å². The fourth-order valence-electron chi connectivity index (χ4n) is 2.98. The number of nitrogens with zero attached hydrogens (tertiary/aromatic N) is 5. The highest BCUT2D eigenvalue weighted by Crippen LogP contribution is 2.39. The van der Waals surface area contributed by atoms with E-state index >= 15 is 0 Å². The summed E-state index contributed by atoms with van der Waals surface area (Å²) in [7, 11) is 1.33. The number of hydrogen-bond acceptors (Lipinski definition) is 8. The summed E-state index contributed by atoms with van der Waals surface area (Å²) in [6.07, 6.45) is 4.23. The number of ether oxygens (including phenoxy) is 1. The summed E-state index contributed by atoms with van der Waals surface area (Å²) in [5.41, 5.74) is 0.218. The number of anilines is 1. The summed E-state index contributed by atoms with van der Waals surface area (Å²) in [6, 6.07) is 3.44. The largest absolute Gasteiger partial charge is 0.464 e. The van der Waals surface area contributed by atoms with Crippen molar-refractivity contribution in [2.24, 2.45) is 0 Å². The monoisotopic (exact) mass is 329 g/mol. The van der Waals surface area contributed by atoms with E-state index in [1.165, 1.54) is 20.0 Å². The molecule has 0 radical (unpaired) electrons. The first kappa shape index (κ1) is 15.0. The van der Waals surface area contributed by atoms with Crippen molar-refractivity contribution in [1.29, 1.82) is 0 Å². The van der Waals surface area contributed by atoms with Crippen molar-refractivity contribution < 1.29 is 14.1 Å². The molecule has 2 aromatic rings. The predicted octanol–water partition coefficient (Wildman–Crippen LogP) is 1.91. The van der Waals surface area contributed by atoms with Crippen LogP contribution >= 0.6 is 0 Å². The Morgan fingerprint density at radius 2 is 1.96 bits per heavy atom. The molecular formula is C16H19N5O3. The number of carbonyl (C=O) groups is 1. The average molecular weight is 329 g/mol. The van der Waals surface area contributed by atoms with Crippen LogP contribution in [0.4, 0.5) is 5.82 Å². The van der Waals surface area contributed by atoms with Crippen LogP contribution in [0.3, 0.4) is 0 Å². The van der Waals surface area contributed by atoms with Crippen molar-refractivity contribution in [2.45, 2.75) is 37.5 Å². The number of methoxy groups -OCH3 is 1. The molecule has 8 nitrogen and oxygen atoms in total. The summed E-state index contributed by atoms with van der Waals surface area (Å²) < 4.78 is 9.99. The van der Waals surface area contributed by atoms with Crippen molar-refractivity contribution in [2.75, 3.05) is 25.1 Å². The summed E-state index contributed by atoms with van der Waals surface area (Å²) in [6.45, 7) is 1.70. The topological polar surface area (TPSA) is 94.2 Å². The summed E-state index contributed by atoms with van der Waals surface area (Å²) in [5, 5.41) is 12.2. The van der Waals surface area contributed by atoms with Gasteiger partial charge < -0.3 is 14.2 Å². The van der Waals surface area contributed by atoms with Gasteiger partial charge in [0.2, 0.25) is 5.89 Å². The fraction of sp³-hybridized carbons (Fsp3) is 0.562. The molecule has 1 saturated heterocycles. The molecule has 8 heteroatoms. The molecule has 2 aliphatic rings. The van der Waals surface area contributed by atoms with E-state index in [2.05, 4.69) is 30.0 Å². The van der Waals surface area contributed by atoms with E-state index in [1.54, 1.807) is 12.1 Å². The zero-order chi connectivity index (χ0) is 16.5. The van der Waals surface area contributed by atoms with Gasteiger partial charge in [0, 0.05) is 24.9 Å². The maximum Gasteiger partial charge on any atom is 0.358 e.